The van der Waals surface area contributed by atoms with E-state index in [1.165, 1.54) is 28.8 Å². The quantitative estimate of drug-likeness (QED) is 0.579. The second kappa shape index (κ2) is 7.71. The second-order valence-electron chi connectivity index (χ2n) is 5.08. The van der Waals surface area contributed by atoms with Gasteiger partial charge in [0.25, 0.3) is 5.91 Å². The van der Waals surface area contributed by atoms with Gasteiger partial charge in [0.1, 0.15) is 10.1 Å². The number of benzene rings is 1. The summed E-state index contributed by atoms with van der Waals surface area (Å²) >= 11 is 6.49. The lowest BCUT2D eigenvalue weighted by Gasteiger charge is -2.13. The van der Waals surface area contributed by atoms with Crippen molar-refractivity contribution in [2.45, 2.75) is 13.2 Å². The average Bonchev–Trinajstić information content (AvgIpc) is 2.85. The van der Waals surface area contributed by atoms with Crippen LogP contribution in [-0.4, -0.2) is 26.7 Å². The minimum atomic E-state index is -2.87. The molecule has 0 unspecified atom stereocenters. The summed E-state index contributed by atoms with van der Waals surface area (Å²) in [6, 6.07) is 9.72. The summed E-state index contributed by atoms with van der Waals surface area (Å²) in [5, 5.41) is 0. The highest BCUT2D eigenvalue weighted by Crippen LogP contribution is 2.33. The van der Waals surface area contributed by atoms with Crippen molar-refractivity contribution in [2.75, 3.05) is 0 Å². The highest BCUT2D eigenvalue weighted by molar-refractivity contribution is 8.26. The van der Waals surface area contributed by atoms with E-state index in [9.17, 15) is 13.6 Å². The maximum Gasteiger partial charge on any atom is 0.387 e. The molecule has 0 N–H and O–H groups in total. The van der Waals surface area contributed by atoms with Crippen LogP contribution in [0.2, 0.25) is 0 Å². The molecule has 1 fully saturated rings. The van der Waals surface area contributed by atoms with Crippen LogP contribution in [-0.2, 0) is 11.3 Å². The molecule has 25 heavy (non-hydrogen) atoms. The molecule has 0 bridgehead atoms. The van der Waals surface area contributed by atoms with Crippen LogP contribution in [0.15, 0.2) is 53.7 Å². The van der Waals surface area contributed by atoms with Crippen LogP contribution in [0.4, 0.5) is 8.78 Å². The van der Waals surface area contributed by atoms with Crippen molar-refractivity contribution in [1.82, 2.24) is 9.88 Å². The van der Waals surface area contributed by atoms with Gasteiger partial charge in [-0.25, -0.2) is 0 Å². The molecule has 0 radical (unpaired) electrons. The van der Waals surface area contributed by atoms with Gasteiger partial charge in [-0.3, -0.25) is 14.7 Å². The van der Waals surface area contributed by atoms with E-state index in [2.05, 4.69) is 9.72 Å². The van der Waals surface area contributed by atoms with Crippen LogP contribution in [0.25, 0.3) is 6.08 Å². The molecule has 1 amide bonds. The first-order valence-corrected chi connectivity index (χ1v) is 8.44. The Kier molecular flexibility index (Phi) is 5.40. The summed E-state index contributed by atoms with van der Waals surface area (Å²) in [5.41, 5.74) is 1.58. The first-order valence-electron chi connectivity index (χ1n) is 7.22. The molecule has 1 aliphatic rings. The van der Waals surface area contributed by atoms with Crippen molar-refractivity contribution in [3.63, 3.8) is 0 Å². The van der Waals surface area contributed by atoms with Gasteiger partial charge in [-0.15, -0.1) is 0 Å². The largest absolute Gasteiger partial charge is 0.435 e. The fourth-order valence-corrected chi connectivity index (χ4v) is 3.46. The van der Waals surface area contributed by atoms with Crippen LogP contribution < -0.4 is 4.74 Å². The van der Waals surface area contributed by atoms with Gasteiger partial charge in [0, 0.05) is 12.4 Å². The Morgan fingerprint density at radius 1 is 1.28 bits per heavy atom. The normalized spacial score (nSPS) is 16.1. The van der Waals surface area contributed by atoms with E-state index in [1.807, 2.05) is 6.07 Å². The lowest BCUT2D eigenvalue weighted by molar-refractivity contribution is -0.122. The van der Waals surface area contributed by atoms with E-state index in [-0.39, 0.29) is 11.7 Å². The van der Waals surface area contributed by atoms with E-state index in [4.69, 9.17) is 12.2 Å². The van der Waals surface area contributed by atoms with E-state index >= 15 is 0 Å². The van der Waals surface area contributed by atoms with E-state index in [1.54, 1.807) is 36.7 Å². The third-order valence-corrected chi connectivity index (χ3v) is 4.72. The van der Waals surface area contributed by atoms with Crippen molar-refractivity contribution in [3.05, 3.63) is 64.8 Å². The lowest BCUT2D eigenvalue weighted by Crippen LogP contribution is -2.27. The Morgan fingerprint density at radius 2 is 2.04 bits per heavy atom. The number of halogens is 2. The number of alkyl halides is 2. The Hall–Kier alpha value is -2.32. The highest BCUT2D eigenvalue weighted by Gasteiger charge is 2.31. The van der Waals surface area contributed by atoms with Crippen LogP contribution >= 0.6 is 24.0 Å². The highest BCUT2D eigenvalue weighted by atomic mass is 32.2. The molecule has 1 aliphatic heterocycles. The number of aromatic nitrogens is 1. The number of pyridine rings is 1. The van der Waals surface area contributed by atoms with Crippen LogP contribution in [0.1, 0.15) is 11.1 Å². The number of rotatable bonds is 5. The molecule has 2 heterocycles. The van der Waals surface area contributed by atoms with Gasteiger partial charge < -0.3 is 4.74 Å². The number of thiocarbonyl (C=S) groups is 1. The monoisotopic (exact) mass is 378 g/mol. The zero-order valence-electron chi connectivity index (χ0n) is 12.8. The minimum Gasteiger partial charge on any atom is -0.435 e. The zero-order chi connectivity index (χ0) is 17.8. The van der Waals surface area contributed by atoms with Crippen molar-refractivity contribution in [3.8, 4) is 5.75 Å². The number of hydrogen-bond donors (Lipinski definition) is 0. The van der Waals surface area contributed by atoms with Gasteiger partial charge in [-0.1, -0.05) is 42.2 Å². The van der Waals surface area contributed by atoms with Crippen molar-refractivity contribution >= 4 is 40.3 Å². The number of carbonyl (C=O) groups excluding carboxylic acids is 1. The SMILES string of the molecule is O=C1/C(=C/c2ccc(OC(F)F)cc2)SC(=S)N1Cc1cccnc1. The third-order valence-electron chi connectivity index (χ3n) is 3.34. The molecule has 8 heteroatoms. The Bertz CT molecular complexity index is 811. The van der Waals surface area contributed by atoms with Gasteiger partial charge >= 0.3 is 6.61 Å². The molecule has 0 saturated carbocycles. The molecule has 0 spiro atoms. The van der Waals surface area contributed by atoms with Gasteiger partial charge in [0.15, 0.2) is 0 Å². The Labute approximate surface area is 152 Å². The van der Waals surface area contributed by atoms with Crippen LogP contribution in [0.5, 0.6) is 5.75 Å². The minimum absolute atomic E-state index is 0.0660. The van der Waals surface area contributed by atoms with Crippen molar-refractivity contribution in [2.24, 2.45) is 0 Å². The molecule has 128 valence electrons. The van der Waals surface area contributed by atoms with Gasteiger partial charge in [0.05, 0.1) is 11.4 Å². The first-order chi connectivity index (χ1) is 12.0. The second-order valence-corrected chi connectivity index (χ2v) is 6.75. The first kappa shape index (κ1) is 17.5. The predicted octanol–water partition coefficient (Wildman–Crippen LogP) is 4.08. The lowest BCUT2D eigenvalue weighted by atomic mass is 10.2. The van der Waals surface area contributed by atoms with Crippen LogP contribution in [0.3, 0.4) is 0 Å². The smallest absolute Gasteiger partial charge is 0.387 e. The maximum atomic E-state index is 12.5. The molecule has 2 aromatic rings. The standard InChI is InChI=1S/C17H12F2N2O2S2/c18-16(19)23-13-5-3-11(4-6-13)8-14-15(22)21(17(24)25-14)10-12-2-1-7-20-9-12/h1-9,16H,10H2/b14-8-. The van der Waals surface area contributed by atoms with E-state index < -0.39 is 6.61 Å². The fraction of sp³-hybridized carbons (Fsp3) is 0.118. The topological polar surface area (TPSA) is 42.4 Å². The summed E-state index contributed by atoms with van der Waals surface area (Å²) in [6.07, 6.45) is 5.02. The molecular formula is C17H12F2N2O2S2. The molecule has 0 aliphatic carbocycles. The number of thioether (sulfide) groups is 1. The number of carbonyl (C=O) groups is 1. The van der Waals surface area contributed by atoms with Gasteiger partial charge in [-0.05, 0) is 35.4 Å². The summed E-state index contributed by atoms with van der Waals surface area (Å²) in [5.74, 6) is -0.122. The summed E-state index contributed by atoms with van der Waals surface area (Å²) in [4.78, 5) is 18.6. The summed E-state index contributed by atoms with van der Waals surface area (Å²) in [7, 11) is 0. The zero-order valence-corrected chi connectivity index (χ0v) is 14.4. The van der Waals surface area contributed by atoms with Gasteiger partial charge in [-0.2, -0.15) is 8.78 Å². The number of hydrogen-bond acceptors (Lipinski definition) is 5. The molecule has 1 saturated heterocycles. The Balaban J connectivity index is 1.73. The molecule has 1 aromatic carbocycles. The molecule has 3 rings (SSSR count). The van der Waals surface area contributed by atoms with Crippen molar-refractivity contribution in [1.29, 1.82) is 0 Å². The molecule has 1 aromatic heterocycles. The predicted molar refractivity (Wildman–Crippen MR) is 96.0 cm³/mol. The number of ether oxygens (including phenoxy) is 1. The number of nitrogens with zero attached hydrogens (tertiary/aromatic N) is 2. The third kappa shape index (κ3) is 4.40. The molecule has 4 nitrogen and oxygen atoms in total. The van der Waals surface area contributed by atoms with E-state index in [0.717, 1.165) is 5.56 Å². The van der Waals surface area contributed by atoms with Crippen molar-refractivity contribution < 1.29 is 18.3 Å². The Morgan fingerprint density at radius 3 is 2.68 bits per heavy atom. The fourth-order valence-electron chi connectivity index (χ4n) is 2.21. The van der Waals surface area contributed by atoms with E-state index in [0.29, 0.717) is 21.3 Å². The van der Waals surface area contributed by atoms with Gasteiger partial charge in [0.2, 0.25) is 0 Å². The average molecular weight is 378 g/mol. The summed E-state index contributed by atoms with van der Waals surface area (Å²) in [6.45, 7) is -2.51. The molecule has 0 atom stereocenters. The summed E-state index contributed by atoms with van der Waals surface area (Å²) < 4.78 is 29.1. The number of amides is 1. The maximum absolute atomic E-state index is 12.5. The van der Waals surface area contributed by atoms with Crippen LogP contribution in [0, 0.1) is 0 Å². The molecular weight excluding hydrogens is 366 g/mol.